The molecule has 0 heterocycles. The van der Waals surface area contributed by atoms with Crippen LogP contribution in [0.5, 0.6) is 0 Å². The van der Waals surface area contributed by atoms with E-state index in [-0.39, 0.29) is 10.9 Å². The van der Waals surface area contributed by atoms with Gasteiger partial charge in [-0.25, -0.2) is 8.42 Å². The molecule has 3 atom stereocenters. The van der Waals surface area contributed by atoms with Crippen molar-refractivity contribution in [2.24, 2.45) is 0 Å². The van der Waals surface area contributed by atoms with E-state index in [0.29, 0.717) is 0 Å². The lowest BCUT2D eigenvalue weighted by molar-refractivity contribution is -0.121. The van der Waals surface area contributed by atoms with Gasteiger partial charge >= 0.3 is 0 Å². The summed E-state index contributed by atoms with van der Waals surface area (Å²) in [5.41, 5.74) is 2.24. The molecular formula is C13H16BrNO3S. The minimum Gasteiger partial charge on any atom is -0.347 e. The number of amides is 1. The van der Waals surface area contributed by atoms with Crippen molar-refractivity contribution in [3.8, 4) is 0 Å². The van der Waals surface area contributed by atoms with Crippen LogP contribution < -0.4 is 5.32 Å². The molecule has 3 unspecified atom stereocenters. The fraction of sp³-hybridized carbons (Fsp3) is 0.462. The number of benzene rings is 1. The van der Waals surface area contributed by atoms with Gasteiger partial charge in [0.05, 0.1) is 6.04 Å². The van der Waals surface area contributed by atoms with Crippen molar-refractivity contribution in [3.63, 3.8) is 0 Å². The Morgan fingerprint density at radius 2 is 2.05 bits per heavy atom. The fourth-order valence-electron chi connectivity index (χ4n) is 2.18. The number of hydrogen-bond donors (Lipinski definition) is 1. The second kappa shape index (κ2) is 5.25. The quantitative estimate of drug-likeness (QED) is 0.846. The van der Waals surface area contributed by atoms with Crippen molar-refractivity contribution in [1.82, 2.24) is 5.32 Å². The summed E-state index contributed by atoms with van der Waals surface area (Å²) in [7, 11) is -3.37. The van der Waals surface area contributed by atoms with E-state index in [1.165, 1.54) is 12.5 Å². The van der Waals surface area contributed by atoms with Gasteiger partial charge in [-0.1, -0.05) is 40.2 Å². The van der Waals surface area contributed by atoms with E-state index in [0.717, 1.165) is 18.2 Å². The first kappa shape index (κ1) is 14.5. The van der Waals surface area contributed by atoms with Gasteiger partial charge in [-0.3, -0.25) is 4.79 Å². The number of nitrogens with one attached hydrogen (secondary N) is 1. The van der Waals surface area contributed by atoms with Crippen LogP contribution in [0, 0.1) is 0 Å². The van der Waals surface area contributed by atoms with Crippen molar-refractivity contribution in [1.29, 1.82) is 0 Å². The maximum absolute atomic E-state index is 12.0. The molecule has 2 rings (SSSR count). The molecule has 1 aliphatic carbocycles. The zero-order valence-corrected chi connectivity index (χ0v) is 13.2. The number of alkyl halides is 1. The Labute approximate surface area is 121 Å². The Balaban J connectivity index is 2.18. The molecular weight excluding hydrogens is 330 g/mol. The van der Waals surface area contributed by atoms with Gasteiger partial charge < -0.3 is 5.32 Å². The van der Waals surface area contributed by atoms with Crippen molar-refractivity contribution in [2.75, 3.05) is 6.26 Å². The van der Waals surface area contributed by atoms with E-state index in [4.69, 9.17) is 0 Å². The molecule has 104 valence electrons. The molecule has 1 N–H and O–H groups in total. The van der Waals surface area contributed by atoms with Gasteiger partial charge in [0, 0.05) is 11.1 Å². The molecule has 0 aliphatic heterocycles. The lowest BCUT2D eigenvalue weighted by Crippen LogP contribution is -2.41. The Morgan fingerprint density at radius 3 is 2.68 bits per heavy atom. The molecule has 6 heteroatoms. The highest BCUT2D eigenvalue weighted by Crippen LogP contribution is 2.35. The van der Waals surface area contributed by atoms with Crippen LogP contribution in [0.4, 0.5) is 0 Å². The summed E-state index contributed by atoms with van der Waals surface area (Å²) in [5.74, 6) is -0.450. The van der Waals surface area contributed by atoms with Gasteiger partial charge in [-0.05, 0) is 24.5 Å². The van der Waals surface area contributed by atoms with Gasteiger partial charge in [0.15, 0.2) is 9.84 Å². The number of carbonyl (C=O) groups excluding carboxylic acids is 1. The zero-order chi connectivity index (χ0) is 14.2. The maximum Gasteiger partial charge on any atom is 0.238 e. The largest absolute Gasteiger partial charge is 0.347 e. The molecule has 4 nitrogen and oxygen atoms in total. The van der Waals surface area contributed by atoms with Crippen LogP contribution in [0.2, 0.25) is 0 Å². The number of halogens is 1. The summed E-state index contributed by atoms with van der Waals surface area (Å²) in [6, 6.07) is 7.70. The third-order valence-corrected chi connectivity index (χ3v) is 5.83. The molecule has 0 spiro atoms. The average molecular weight is 346 g/mol. The third-order valence-electron chi connectivity index (χ3n) is 3.48. The average Bonchev–Trinajstić information content (AvgIpc) is 2.64. The Kier molecular flexibility index (Phi) is 4.01. The summed E-state index contributed by atoms with van der Waals surface area (Å²) in [5, 5.41) is 1.80. The molecule has 1 amide bonds. The normalized spacial score (nSPS) is 23.7. The third kappa shape index (κ3) is 3.00. The highest BCUT2D eigenvalue weighted by atomic mass is 79.9. The molecule has 0 radical (unpaired) electrons. The van der Waals surface area contributed by atoms with Crippen molar-refractivity contribution in [3.05, 3.63) is 35.4 Å². The summed E-state index contributed by atoms with van der Waals surface area (Å²) in [6.45, 7) is 1.41. The molecule has 1 aromatic rings. The lowest BCUT2D eigenvalue weighted by Gasteiger charge is -2.19. The zero-order valence-electron chi connectivity index (χ0n) is 10.8. The van der Waals surface area contributed by atoms with Crippen molar-refractivity contribution < 1.29 is 13.2 Å². The predicted octanol–water partition coefficient (Wildman–Crippen LogP) is 1.60. The topological polar surface area (TPSA) is 63.2 Å². The van der Waals surface area contributed by atoms with Crippen LogP contribution in [0.3, 0.4) is 0 Å². The first-order valence-corrected chi connectivity index (χ1v) is 8.89. The van der Waals surface area contributed by atoms with E-state index < -0.39 is 21.0 Å². The number of carbonyl (C=O) groups is 1. The number of sulfone groups is 1. The molecule has 0 aromatic heterocycles. The smallest absolute Gasteiger partial charge is 0.238 e. The van der Waals surface area contributed by atoms with Crippen molar-refractivity contribution in [2.45, 2.75) is 29.5 Å². The van der Waals surface area contributed by atoms with Crippen LogP contribution in [0.15, 0.2) is 24.3 Å². The first-order chi connectivity index (χ1) is 8.80. The molecule has 19 heavy (non-hydrogen) atoms. The van der Waals surface area contributed by atoms with Crippen LogP contribution >= 0.6 is 15.9 Å². The minimum absolute atomic E-state index is 0.0978. The SMILES string of the molecule is CC(C(=O)NC1c2ccccc2CC1Br)S(C)(=O)=O. The van der Waals surface area contributed by atoms with E-state index in [1.54, 1.807) is 0 Å². The Bertz CT molecular complexity index is 600. The standard InChI is InChI=1S/C13H16BrNO3S/c1-8(19(2,17)18)13(16)15-12-10-6-4-3-5-9(10)7-11(12)14/h3-6,8,11-12H,7H2,1-2H3,(H,15,16). The van der Waals surface area contributed by atoms with Crippen LogP contribution in [0.25, 0.3) is 0 Å². The molecule has 0 saturated heterocycles. The Hall–Kier alpha value is -0.880. The predicted molar refractivity (Wildman–Crippen MR) is 78.1 cm³/mol. The van der Waals surface area contributed by atoms with Crippen LogP contribution in [-0.2, 0) is 21.1 Å². The second-order valence-corrected chi connectivity index (χ2v) is 8.42. The summed E-state index contributed by atoms with van der Waals surface area (Å²) in [4.78, 5) is 12.1. The molecule has 0 bridgehead atoms. The summed E-state index contributed by atoms with van der Waals surface area (Å²) in [6.07, 6.45) is 1.90. The fourth-order valence-corrected chi connectivity index (χ4v) is 3.40. The Morgan fingerprint density at radius 1 is 1.42 bits per heavy atom. The number of rotatable bonds is 3. The van der Waals surface area contributed by atoms with Crippen molar-refractivity contribution >= 4 is 31.7 Å². The van der Waals surface area contributed by atoms with Gasteiger partial charge in [-0.2, -0.15) is 0 Å². The molecule has 1 aliphatic rings. The van der Waals surface area contributed by atoms with Gasteiger partial charge in [-0.15, -0.1) is 0 Å². The molecule has 0 saturated carbocycles. The van der Waals surface area contributed by atoms with Gasteiger partial charge in [0.25, 0.3) is 0 Å². The monoisotopic (exact) mass is 345 g/mol. The molecule has 0 fully saturated rings. The highest BCUT2D eigenvalue weighted by Gasteiger charge is 2.34. The first-order valence-electron chi connectivity index (χ1n) is 6.02. The molecule has 1 aromatic carbocycles. The van der Waals surface area contributed by atoms with Gasteiger partial charge in [0.1, 0.15) is 5.25 Å². The van der Waals surface area contributed by atoms with E-state index >= 15 is 0 Å². The maximum atomic E-state index is 12.0. The van der Waals surface area contributed by atoms with Crippen LogP contribution in [0.1, 0.15) is 24.1 Å². The second-order valence-electron chi connectivity index (χ2n) is 4.88. The number of hydrogen-bond acceptors (Lipinski definition) is 3. The highest BCUT2D eigenvalue weighted by molar-refractivity contribution is 9.09. The summed E-state index contributed by atoms with van der Waals surface area (Å²) >= 11 is 3.55. The lowest BCUT2D eigenvalue weighted by atomic mass is 10.1. The number of fused-ring (bicyclic) bond motifs is 1. The van der Waals surface area contributed by atoms with E-state index in [1.807, 2.05) is 24.3 Å². The minimum atomic E-state index is -3.37. The summed E-state index contributed by atoms with van der Waals surface area (Å²) < 4.78 is 22.8. The van der Waals surface area contributed by atoms with Gasteiger partial charge in [0.2, 0.25) is 5.91 Å². The van der Waals surface area contributed by atoms with Crippen LogP contribution in [-0.4, -0.2) is 30.7 Å². The van der Waals surface area contributed by atoms with E-state index in [2.05, 4.69) is 21.2 Å². The van der Waals surface area contributed by atoms with E-state index in [9.17, 15) is 13.2 Å².